The number of amides is 2. The normalized spacial score (nSPS) is 15.0. The van der Waals surface area contributed by atoms with Crippen LogP contribution in [0.1, 0.15) is 11.1 Å². The maximum atomic E-state index is 12.2. The van der Waals surface area contributed by atoms with Crippen molar-refractivity contribution in [2.45, 2.75) is 13.5 Å². The Morgan fingerprint density at radius 2 is 1.90 bits per heavy atom. The van der Waals surface area contributed by atoms with Gasteiger partial charge in [-0.1, -0.05) is 24.3 Å². The Hall–Kier alpha value is -1.88. The number of aryl methyl sites for hydroxylation is 1. The minimum absolute atomic E-state index is 0.400. The Balaban J connectivity index is 1.98. The van der Waals surface area contributed by atoms with Crippen LogP contribution in [0.3, 0.4) is 0 Å². The van der Waals surface area contributed by atoms with Crippen LogP contribution in [0.4, 0.5) is 0 Å². The predicted octanol–water partition coefficient (Wildman–Crippen LogP) is 0.385. The summed E-state index contributed by atoms with van der Waals surface area (Å²) in [6.45, 7) is 5.17. The van der Waals surface area contributed by atoms with Crippen molar-refractivity contribution in [2.75, 3.05) is 33.2 Å². The molecule has 0 aliphatic carbocycles. The molecule has 0 radical (unpaired) electrons. The molecule has 0 atom stereocenters. The van der Waals surface area contributed by atoms with Crippen molar-refractivity contribution in [3.63, 3.8) is 0 Å². The van der Waals surface area contributed by atoms with Crippen LogP contribution in [0.15, 0.2) is 24.3 Å². The van der Waals surface area contributed by atoms with Crippen LogP contribution in [0, 0.1) is 6.92 Å². The summed E-state index contributed by atoms with van der Waals surface area (Å²) in [6.07, 6.45) is 0. The van der Waals surface area contributed by atoms with Crippen molar-refractivity contribution in [3.8, 4) is 0 Å². The van der Waals surface area contributed by atoms with Crippen LogP contribution in [0.25, 0.3) is 0 Å². The Morgan fingerprint density at radius 1 is 1.25 bits per heavy atom. The first kappa shape index (κ1) is 14.5. The van der Waals surface area contributed by atoms with Crippen molar-refractivity contribution >= 4 is 11.8 Å². The average molecular weight is 275 g/mol. The molecule has 1 aromatic carbocycles. The number of piperazine rings is 1. The number of rotatable bonds is 2. The standard InChI is InChI=1S/C15H21N3O2/c1-12-5-3-4-6-13(12)11-17(2)14(19)15(20)18-9-7-16-8-10-18/h3-6,16H,7-11H2,1-2H3. The molecule has 0 saturated carbocycles. The molecule has 108 valence electrons. The first-order chi connectivity index (χ1) is 9.59. The second-order valence-corrected chi connectivity index (χ2v) is 5.13. The van der Waals surface area contributed by atoms with Gasteiger partial charge in [-0.3, -0.25) is 9.59 Å². The smallest absolute Gasteiger partial charge is 0.312 e. The van der Waals surface area contributed by atoms with Gasteiger partial charge in [-0.25, -0.2) is 0 Å². The second-order valence-electron chi connectivity index (χ2n) is 5.13. The highest BCUT2D eigenvalue weighted by molar-refractivity contribution is 6.34. The molecule has 20 heavy (non-hydrogen) atoms. The first-order valence-corrected chi connectivity index (χ1v) is 6.89. The van der Waals surface area contributed by atoms with Crippen LogP contribution >= 0.6 is 0 Å². The lowest BCUT2D eigenvalue weighted by molar-refractivity contribution is -0.151. The summed E-state index contributed by atoms with van der Waals surface area (Å²) in [5.41, 5.74) is 2.19. The summed E-state index contributed by atoms with van der Waals surface area (Å²) < 4.78 is 0. The number of hydrogen-bond acceptors (Lipinski definition) is 3. The number of carbonyl (C=O) groups is 2. The molecule has 0 unspecified atom stereocenters. The third-order valence-corrected chi connectivity index (χ3v) is 3.60. The zero-order valence-electron chi connectivity index (χ0n) is 12.1. The first-order valence-electron chi connectivity index (χ1n) is 6.89. The van der Waals surface area contributed by atoms with Crippen LogP contribution in [-0.4, -0.2) is 54.8 Å². The average Bonchev–Trinajstić information content (AvgIpc) is 2.49. The SMILES string of the molecule is Cc1ccccc1CN(C)C(=O)C(=O)N1CCNCC1. The molecule has 1 saturated heterocycles. The molecule has 5 heteroatoms. The minimum Gasteiger partial charge on any atom is -0.333 e. The molecule has 1 aliphatic heterocycles. The van der Waals surface area contributed by atoms with E-state index in [-0.39, 0.29) is 0 Å². The highest BCUT2D eigenvalue weighted by Crippen LogP contribution is 2.10. The molecule has 1 aliphatic rings. The molecule has 1 fully saturated rings. The quantitative estimate of drug-likeness (QED) is 0.794. The van der Waals surface area contributed by atoms with Crippen LogP contribution in [0.5, 0.6) is 0 Å². The molecule has 2 amide bonds. The van der Waals surface area contributed by atoms with Gasteiger partial charge in [0.2, 0.25) is 0 Å². The number of carbonyl (C=O) groups excluding carboxylic acids is 2. The van der Waals surface area contributed by atoms with Gasteiger partial charge < -0.3 is 15.1 Å². The molecule has 5 nitrogen and oxygen atoms in total. The van der Waals surface area contributed by atoms with Crippen molar-refractivity contribution < 1.29 is 9.59 Å². The monoisotopic (exact) mass is 275 g/mol. The molecule has 0 bridgehead atoms. The van der Waals surface area contributed by atoms with Gasteiger partial charge in [0.1, 0.15) is 0 Å². The van der Waals surface area contributed by atoms with Crippen LogP contribution < -0.4 is 5.32 Å². The van der Waals surface area contributed by atoms with E-state index in [1.807, 2.05) is 31.2 Å². The van der Waals surface area contributed by atoms with Gasteiger partial charge in [0, 0.05) is 39.8 Å². The third kappa shape index (κ3) is 3.36. The van der Waals surface area contributed by atoms with E-state index in [0.717, 1.165) is 24.2 Å². The second kappa shape index (κ2) is 6.52. The maximum absolute atomic E-state index is 12.2. The van der Waals surface area contributed by atoms with E-state index >= 15 is 0 Å². The van der Waals surface area contributed by atoms with Crippen LogP contribution in [-0.2, 0) is 16.1 Å². The fourth-order valence-electron chi connectivity index (χ4n) is 2.28. The van der Waals surface area contributed by atoms with Gasteiger partial charge in [0.25, 0.3) is 0 Å². The van der Waals surface area contributed by atoms with E-state index in [1.165, 1.54) is 4.90 Å². The summed E-state index contributed by atoms with van der Waals surface area (Å²) in [5.74, 6) is -0.835. The van der Waals surface area contributed by atoms with Gasteiger partial charge in [0.05, 0.1) is 0 Å². The molecule has 2 rings (SSSR count). The summed E-state index contributed by atoms with van der Waals surface area (Å²) in [6, 6.07) is 7.89. The number of nitrogens with zero attached hydrogens (tertiary/aromatic N) is 2. The van der Waals surface area contributed by atoms with E-state index < -0.39 is 11.8 Å². The van der Waals surface area contributed by atoms with Gasteiger partial charge in [-0.05, 0) is 18.1 Å². The number of hydrogen-bond donors (Lipinski definition) is 1. The zero-order chi connectivity index (χ0) is 14.5. The van der Waals surface area contributed by atoms with Crippen LogP contribution in [0.2, 0.25) is 0 Å². The minimum atomic E-state index is -0.435. The van der Waals surface area contributed by atoms with Gasteiger partial charge >= 0.3 is 11.8 Å². The van der Waals surface area contributed by atoms with Gasteiger partial charge in [0.15, 0.2) is 0 Å². The van der Waals surface area contributed by atoms with Crippen molar-refractivity contribution in [2.24, 2.45) is 0 Å². The summed E-state index contributed by atoms with van der Waals surface area (Å²) in [5, 5.41) is 3.17. The topological polar surface area (TPSA) is 52.7 Å². The highest BCUT2D eigenvalue weighted by atomic mass is 16.2. The maximum Gasteiger partial charge on any atom is 0.312 e. The van der Waals surface area contributed by atoms with E-state index in [0.29, 0.717) is 19.6 Å². The summed E-state index contributed by atoms with van der Waals surface area (Å²) in [4.78, 5) is 27.4. The number of nitrogens with one attached hydrogen (secondary N) is 1. The molecule has 1 aromatic rings. The lowest BCUT2D eigenvalue weighted by Crippen LogP contribution is -2.51. The molecule has 1 heterocycles. The lowest BCUT2D eigenvalue weighted by Gasteiger charge is -2.28. The Morgan fingerprint density at radius 3 is 2.55 bits per heavy atom. The Labute approximate surface area is 119 Å². The van der Waals surface area contributed by atoms with Crippen molar-refractivity contribution in [1.82, 2.24) is 15.1 Å². The molecular weight excluding hydrogens is 254 g/mol. The molecular formula is C15H21N3O2. The largest absolute Gasteiger partial charge is 0.333 e. The number of likely N-dealkylation sites (N-methyl/N-ethyl adjacent to an activating group) is 1. The molecule has 0 spiro atoms. The third-order valence-electron chi connectivity index (χ3n) is 3.60. The summed E-state index contributed by atoms with van der Waals surface area (Å²) in [7, 11) is 1.68. The zero-order valence-corrected chi connectivity index (χ0v) is 12.1. The fourth-order valence-corrected chi connectivity index (χ4v) is 2.28. The van der Waals surface area contributed by atoms with E-state index in [4.69, 9.17) is 0 Å². The summed E-state index contributed by atoms with van der Waals surface area (Å²) >= 11 is 0. The van der Waals surface area contributed by atoms with Gasteiger partial charge in [-0.15, -0.1) is 0 Å². The van der Waals surface area contributed by atoms with E-state index in [1.54, 1.807) is 11.9 Å². The lowest BCUT2D eigenvalue weighted by atomic mass is 10.1. The number of benzene rings is 1. The van der Waals surface area contributed by atoms with E-state index in [9.17, 15) is 9.59 Å². The molecule has 0 aromatic heterocycles. The van der Waals surface area contributed by atoms with Crippen molar-refractivity contribution in [1.29, 1.82) is 0 Å². The van der Waals surface area contributed by atoms with Gasteiger partial charge in [-0.2, -0.15) is 0 Å². The molecule has 1 N–H and O–H groups in total. The Kier molecular flexibility index (Phi) is 4.74. The van der Waals surface area contributed by atoms with Crippen molar-refractivity contribution in [3.05, 3.63) is 35.4 Å². The Bertz CT molecular complexity index is 496. The fraction of sp³-hybridized carbons (Fsp3) is 0.467. The highest BCUT2D eigenvalue weighted by Gasteiger charge is 2.26. The predicted molar refractivity (Wildman–Crippen MR) is 77.1 cm³/mol. The van der Waals surface area contributed by atoms with E-state index in [2.05, 4.69) is 5.32 Å².